The molecule has 0 nitrogen and oxygen atoms in total. The highest BCUT2D eigenvalue weighted by Crippen LogP contribution is 2.06. The van der Waals surface area contributed by atoms with E-state index in [0.29, 0.717) is 0 Å². The molecule has 0 heteroatoms. The Labute approximate surface area is 92.6 Å². The Morgan fingerprint density at radius 3 is 1.53 bits per heavy atom. The van der Waals surface area contributed by atoms with Gasteiger partial charge in [-0.2, -0.15) is 0 Å². The van der Waals surface area contributed by atoms with E-state index in [0.717, 1.165) is 6.42 Å². The summed E-state index contributed by atoms with van der Waals surface area (Å²) in [5.74, 6) is 0. The Hall–Kier alpha value is -1.56. The number of hydrogen-bond donors (Lipinski definition) is 0. The van der Waals surface area contributed by atoms with Crippen LogP contribution in [0.2, 0.25) is 0 Å². The van der Waals surface area contributed by atoms with Crippen LogP contribution in [0.15, 0.2) is 60.7 Å². The summed E-state index contributed by atoms with van der Waals surface area (Å²) in [4.78, 5) is 0. The molecule has 0 N–H and O–H groups in total. The zero-order chi connectivity index (χ0) is 10.9. The van der Waals surface area contributed by atoms with Gasteiger partial charge in [-0.05, 0) is 24.5 Å². The van der Waals surface area contributed by atoms with Gasteiger partial charge in [0, 0.05) is 0 Å². The van der Waals surface area contributed by atoms with Crippen molar-refractivity contribution in [2.45, 2.75) is 20.3 Å². The summed E-state index contributed by atoms with van der Waals surface area (Å²) in [6.45, 7) is 4.33. The molecule has 2 rings (SSSR count). The zero-order valence-corrected chi connectivity index (χ0v) is 9.48. The average Bonchev–Trinajstić information content (AvgIpc) is 2.33. The number of rotatable bonds is 1. The second-order valence-electron chi connectivity index (χ2n) is 3.43. The Morgan fingerprint density at radius 1 is 0.733 bits per heavy atom. The lowest BCUT2D eigenvalue weighted by Crippen LogP contribution is -1.82. The van der Waals surface area contributed by atoms with Crippen LogP contribution in [0.1, 0.15) is 18.1 Å². The predicted molar refractivity (Wildman–Crippen MR) is 67.0 cm³/mol. The van der Waals surface area contributed by atoms with Gasteiger partial charge in [-0.3, -0.25) is 0 Å². The van der Waals surface area contributed by atoms with E-state index in [9.17, 15) is 0 Å². The summed E-state index contributed by atoms with van der Waals surface area (Å²) >= 11 is 0. The predicted octanol–water partition coefficient (Wildman–Crippen LogP) is 4.24. The molecule has 78 valence electrons. The van der Waals surface area contributed by atoms with Crippen molar-refractivity contribution in [2.75, 3.05) is 0 Å². The van der Waals surface area contributed by atoms with Crippen LogP contribution in [0.25, 0.3) is 0 Å². The summed E-state index contributed by atoms with van der Waals surface area (Å²) in [5.41, 5.74) is 2.86. The average molecular weight is 198 g/mol. The third-order valence-corrected chi connectivity index (χ3v) is 2.31. The van der Waals surface area contributed by atoms with E-state index in [4.69, 9.17) is 0 Å². The van der Waals surface area contributed by atoms with Crippen molar-refractivity contribution in [3.05, 3.63) is 71.8 Å². The van der Waals surface area contributed by atoms with Gasteiger partial charge in [0.1, 0.15) is 0 Å². The van der Waals surface area contributed by atoms with Crippen LogP contribution >= 0.6 is 0 Å². The van der Waals surface area contributed by atoms with Crippen LogP contribution in [0.3, 0.4) is 0 Å². The maximum atomic E-state index is 2.18. The highest BCUT2D eigenvalue weighted by Gasteiger charge is 1.89. The van der Waals surface area contributed by atoms with Gasteiger partial charge in [-0.15, -0.1) is 0 Å². The Bertz CT molecular complexity index is 336. The SMILES string of the molecule is CCc1ccccc1C.c1ccccc1. The molecule has 0 spiro atoms. The molecular weight excluding hydrogens is 180 g/mol. The fourth-order valence-electron chi connectivity index (χ4n) is 1.39. The zero-order valence-electron chi connectivity index (χ0n) is 9.48. The Kier molecular flexibility index (Phi) is 5.24. The summed E-state index contributed by atoms with van der Waals surface area (Å²) in [6.07, 6.45) is 1.15. The van der Waals surface area contributed by atoms with E-state index in [-0.39, 0.29) is 0 Å². The first kappa shape index (κ1) is 11.5. The largest absolute Gasteiger partial charge is 0.0623 e. The van der Waals surface area contributed by atoms with Crippen LogP contribution in [0, 0.1) is 6.92 Å². The minimum atomic E-state index is 1.15. The van der Waals surface area contributed by atoms with Gasteiger partial charge in [0.25, 0.3) is 0 Å². The molecule has 0 saturated carbocycles. The molecule has 0 unspecified atom stereocenters. The van der Waals surface area contributed by atoms with Gasteiger partial charge < -0.3 is 0 Å². The lowest BCUT2D eigenvalue weighted by Gasteiger charge is -1.98. The molecule has 0 aromatic heterocycles. The molecule has 0 aliphatic heterocycles. The van der Waals surface area contributed by atoms with Crippen LogP contribution in [0.5, 0.6) is 0 Å². The van der Waals surface area contributed by atoms with Crippen LogP contribution in [-0.2, 0) is 6.42 Å². The van der Waals surface area contributed by atoms with E-state index < -0.39 is 0 Å². The minimum absolute atomic E-state index is 1.15. The van der Waals surface area contributed by atoms with E-state index in [1.807, 2.05) is 36.4 Å². The monoisotopic (exact) mass is 198 g/mol. The number of aryl methyl sites for hydroxylation is 2. The van der Waals surface area contributed by atoms with E-state index in [1.54, 1.807) is 0 Å². The fraction of sp³-hybridized carbons (Fsp3) is 0.200. The molecule has 0 bridgehead atoms. The first-order valence-electron chi connectivity index (χ1n) is 5.39. The van der Waals surface area contributed by atoms with E-state index >= 15 is 0 Å². The summed E-state index contributed by atoms with van der Waals surface area (Å²) in [6, 6.07) is 20.5. The molecule has 15 heavy (non-hydrogen) atoms. The van der Waals surface area contributed by atoms with Gasteiger partial charge >= 0.3 is 0 Å². The molecule has 0 fully saturated rings. The quantitative estimate of drug-likeness (QED) is 0.642. The Morgan fingerprint density at radius 2 is 1.20 bits per heavy atom. The third kappa shape index (κ3) is 4.46. The van der Waals surface area contributed by atoms with Gasteiger partial charge in [0.2, 0.25) is 0 Å². The van der Waals surface area contributed by atoms with Gasteiger partial charge in [0.15, 0.2) is 0 Å². The molecule has 0 heterocycles. The van der Waals surface area contributed by atoms with Gasteiger partial charge in [-0.25, -0.2) is 0 Å². The van der Waals surface area contributed by atoms with E-state index in [1.165, 1.54) is 11.1 Å². The second kappa shape index (κ2) is 6.83. The third-order valence-electron chi connectivity index (χ3n) is 2.31. The van der Waals surface area contributed by atoms with Crippen LogP contribution in [0.4, 0.5) is 0 Å². The molecule has 0 aliphatic rings. The van der Waals surface area contributed by atoms with Gasteiger partial charge in [-0.1, -0.05) is 67.6 Å². The molecule has 0 amide bonds. The number of hydrogen-bond acceptors (Lipinski definition) is 0. The maximum absolute atomic E-state index is 2.18. The van der Waals surface area contributed by atoms with Crippen molar-refractivity contribution in [3.63, 3.8) is 0 Å². The fourth-order valence-corrected chi connectivity index (χ4v) is 1.39. The summed E-state index contributed by atoms with van der Waals surface area (Å²) in [7, 11) is 0. The molecule has 2 aromatic rings. The number of benzene rings is 2. The second-order valence-corrected chi connectivity index (χ2v) is 3.43. The molecule has 0 radical (unpaired) electrons. The highest BCUT2D eigenvalue weighted by molar-refractivity contribution is 5.24. The van der Waals surface area contributed by atoms with Crippen LogP contribution in [-0.4, -0.2) is 0 Å². The van der Waals surface area contributed by atoms with Crippen LogP contribution < -0.4 is 0 Å². The van der Waals surface area contributed by atoms with Crippen molar-refractivity contribution in [3.8, 4) is 0 Å². The van der Waals surface area contributed by atoms with Crippen molar-refractivity contribution in [2.24, 2.45) is 0 Å². The summed E-state index contributed by atoms with van der Waals surface area (Å²) in [5, 5.41) is 0. The maximum Gasteiger partial charge on any atom is -0.0305 e. The van der Waals surface area contributed by atoms with Crippen molar-refractivity contribution >= 4 is 0 Å². The molecular formula is C15H18. The smallest absolute Gasteiger partial charge is 0.0305 e. The lowest BCUT2D eigenvalue weighted by molar-refractivity contribution is 1.11. The molecule has 2 aromatic carbocycles. The molecule has 0 saturated heterocycles. The van der Waals surface area contributed by atoms with E-state index in [2.05, 4.69) is 38.1 Å². The molecule has 0 atom stereocenters. The highest BCUT2D eigenvalue weighted by atomic mass is 13.9. The minimum Gasteiger partial charge on any atom is -0.0623 e. The van der Waals surface area contributed by atoms with Crippen molar-refractivity contribution in [1.82, 2.24) is 0 Å². The Balaban J connectivity index is 0.000000162. The topological polar surface area (TPSA) is 0 Å². The first-order valence-corrected chi connectivity index (χ1v) is 5.39. The van der Waals surface area contributed by atoms with Crippen molar-refractivity contribution in [1.29, 1.82) is 0 Å². The van der Waals surface area contributed by atoms with Crippen molar-refractivity contribution < 1.29 is 0 Å². The standard InChI is InChI=1S/C9H12.C6H6/c1-3-9-7-5-4-6-8(9)2;1-2-4-6-5-3-1/h4-7H,3H2,1-2H3;1-6H. The van der Waals surface area contributed by atoms with Gasteiger partial charge in [0.05, 0.1) is 0 Å². The summed E-state index contributed by atoms with van der Waals surface area (Å²) < 4.78 is 0. The normalized spacial score (nSPS) is 8.93. The lowest BCUT2D eigenvalue weighted by atomic mass is 10.1. The first-order chi connectivity index (χ1) is 7.34. The molecule has 0 aliphatic carbocycles.